The summed E-state index contributed by atoms with van der Waals surface area (Å²) >= 11 is 0. The molecular weight excluding hydrogens is 254 g/mol. The summed E-state index contributed by atoms with van der Waals surface area (Å²) in [5, 5.41) is 0. The number of ether oxygens (including phenoxy) is 1. The lowest BCUT2D eigenvalue weighted by Gasteiger charge is -2.31. The van der Waals surface area contributed by atoms with Crippen LogP contribution in [-0.4, -0.2) is 36.8 Å². The van der Waals surface area contributed by atoms with Gasteiger partial charge in [0.25, 0.3) is 5.91 Å². The molecule has 0 aliphatic carbocycles. The maximum absolute atomic E-state index is 12.3. The standard InChI is InChI=1S/C16H21NO3/c1-3-15(18)12-8-10-17(11-9-12)16(19)13-4-6-14(20-2)7-5-13/h4-7,12H,3,8-11H2,1-2H3. The first-order valence-electron chi connectivity index (χ1n) is 7.11. The largest absolute Gasteiger partial charge is 0.497 e. The van der Waals surface area contributed by atoms with E-state index in [1.54, 1.807) is 31.4 Å². The summed E-state index contributed by atoms with van der Waals surface area (Å²) in [4.78, 5) is 25.8. The van der Waals surface area contributed by atoms with E-state index < -0.39 is 0 Å². The van der Waals surface area contributed by atoms with Crippen molar-refractivity contribution >= 4 is 11.7 Å². The van der Waals surface area contributed by atoms with E-state index in [9.17, 15) is 9.59 Å². The number of Topliss-reactive ketones (excluding diaryl/α,β-unsaturated/α-hetero) is 1. The molecule has 0 bridgehead atoms. The Hall–Kier alpha value is -1.84. The van der Waals surface area contributed by atoms with Gasteiger partial charge in [0.15, 0.2) is 0 Å². The van der Waals surface area contributed by atoms with Crippen molar-refractivity contribution in [1.82, 2.24) is 4.90 Å². The molecule has 1 aromatic carbocycles. The van der Waals surface area contributed by atoms with Gasteiger partial charge in [0.2, 0.25) is 0 Å². The Balaban J connectivity index is 1.95. The molecule has 108 valence electrons. The van der Waals surface area contributed by atoms with Crippen molar-refractivity contribution < 1.29 is 14.3 Å². The van der Waals surface area contributed by atoms with Gasteiger partial charge in [0.1, 0.15) is 11.5 Å². The Morgan fingerprint density at radius 2 is 1.80 bits per heavy atom. The average Bonchev–Trinajstić information content (AvgIpc) is 2.53. The van der Waals surface area contributed by atoms with Gasteiger partial charge in [0, 0.05) is 31.0 Å². The predicted octanol–water partition coefficient (Wildman–Crippen LogP) is 2.53. The quantitative estimate of drug-likeness (QED) is 0.848. The molecule has 4 nitrogen and oxygen atoms in total. The van der Waals surface area contributed by atoms with Crippen molar-refractivity contribution in [2.45, 2.75) is 26.2 Å². The van der Waals surface area contributed by atoms with Crippen LogP contribution in [0.25, 0.3) is 0 Å². The highest BCUT2D eigenvalue weighted by atomic mass is 16.5. The van der Waals surface area contributed by atoms with Crippen molar-refractivity contribution in [3.8, 4) is 5.75 Å². The van der Waals surface area contributed by atoms with Gasteiger partial charge in [0.05, 0.1) is 7.11 Å². The van der Waals surface area contributed by atoms with E-state index in [1.807, 2.05) is 11.8 Å². The third-order valence-corrected chi connectivity index (χ3v) is 3.92. The summed E-state index contributed by atoms with van der Waals surface area (Å²) in [5.41, 5.74) is 0.672. The molecule has 0 saturated carbocycles. The molecule has 0 unspecified atom stereocenters. The number of amides is 1. The Kier molecular flexibility index (Phi) is 4.77. The highest BCUT2D eigenvalue weighted by molar-refractivity contribution is 5.94. The molecular formula is C16H21NO3. The second-order valence-corrected chi connectivity index (χ2v) is 5.11. The van der Waals surface area contributed by atoms with Crippen molar-refractivity contribution in [3.05, 3.63) is 29.8 Å². The Morgan fingerprint density at radius 1 is 1.20 bits per heavy atom. The molecule has 0 N–H and O–H groups in total. The molecule has 1 aliphatic heterocycles. The average molecular weight is 275 g/mol. The molecule has 20 heavy (non-hydrogen) atoms. The van der Waals surface area contributed by atoms with Crippen LogP contribution in [0.5, 0.6) is 5.75 Å². The maximum Gasteiger partial charge on any atom is 0.253 e. The third kappa shape index (κ3) is 3.18. The van der Waals surface area contributed by atoms with E-state index in [0.29, 0.717) is 30.9 Å². The maximum atomic E-state index is 12.3. The first-order chi connectivity index (χ1) is 9.65. The number of carbonyl (C=O) groups is 2. The van der Waals surface area contributed by atoms with Gasteiger partial charge in [-0.25, -0.2) is 0 Å². The first-order valence-corrected chi connectivity index (χ1v) is 7.11. The van der Waals surface area contributed by atoms with E-state index in [1.165, 1.54) is 0 Å². The molecule has 1 saturated heterocycles. The minimum absolute atomic E-state index is 0.0371. The monoisotopic (exact) mass is 275 g/mol. The lowest BCUT2D eigenvalue weighted by atomic mass is 9.91. The second kappa shape index (κ2) is 6.55. The summed E-state index contributed by atoms with van der Waals surface area (Å²) in [7, 11) is 1.60. The zero-order valence-corrected chi connectivity index (χ0v) is 12.1. The fraction of sp³-hybridized carbons (Fsp3) is 0.500. The highest BCUT2D eigenvalue weighted by Crippen LogP contribution is 2.21. The molecule has 1 aliphatic rings. The zero-order chi connectivity index (χ0) is 14.5. The van der Waals surface area contributed by atoms with Crippen molar-refractivity contribution in [2.24, 2.45) is 5.92 Å². The van der Waals surface area contributed by atoms with Crippen molar-refractivity contribution in [2.75, 3.05) is 20.2 Å². The van der Waals surface area contributed by atoms with E-state index >= 15 is 0 Å². The van der Waals surface area contributed by atoms with Gasteiger partial charge in [-0.05, 0) is 37.1 Å². The van der Waals surface area contributed by atoms with Crippen LogP contribution in [0.1, 0.15) is 36.5 Å². The lowest BCUT2D eigenvalue weighted by Crippen LogP contribution is -2.40. The van der Waals surface area contributed by atoms with E-state index in [2.05, 4.69) is 0 Å². The molecule has 0 atom stereocenters. The molecule has 0 spiro atoms. The summed E-state index contributed by atoms with van der Waals surface area (Å²) in [6.07, 6.45) is 2.17. The summed E-state index contributed by atoms with van der Waals surface area (Å²) in [5.74, 6) is 1.24. The second-order valence-electron chi connectivity index (χ2n) is 5.11. The number of methoxy groups -OCH3 is 1. The number of nitrogens with zero attached hydrogens (tertiary/aromatic N) is 1. The smallest absolute Gasteiger partial charge is 0.253 e. The number of hydrogen-bond acceptors (Lipinski definition) is 3. The molecule has 1 aromatic rings. The number of likely N-dealkylation sites (tertiary alicyclic amines) is 1. The highest BCUT2D eigenvalue weighted by Gasteiger charge is 2.26. The van der Waals surface area contributed by atoms with Crippen LogP contribution in [0.3, 0.4) is 0 Å². The minimum Gasteiger partial charge on any atom is -0.497 e. The van der Waals surface area contributed by atoms with Gasteiger partial charge in [-0.15, -0.1) is 0 Å². The topological polar surface area (TPSA) is 46.6 Å². The summed E-state index contributed by atoms with van der Waals surface area (Å²) < 4.78 is 5.08. The van der Waals surface area contributed by atoms with Gasteiger partial charge in [-0.1, -0.05) is 6.92 Å². The molecule has 1 amide bonds. The number of hydrogen-bond donors (Lipinski definition) is 0. The van der Waals surface area contributed by atoms with Crippen LogP contribution in [0.15, 0.2) is 24.3 Å². The summed E-state index contributed by atoms with van der Waals surface area (Å²) in [6.45, 7) is 3.24. The Bertz CT molecular complexity index is 473. The molecule has 1 heterocycles. The number of ketones is 1. The zero-order valence-electron chi connectivity index (χ0n) is 12.1. The van der Waals surface area contributed by atoms with Crippen molar-refractivity contribution in [3.63, 3.8) is 0 Å². The number of benzene rings is 1. The number of rotatable bonds is 4. The molecule has 4 heteroatoms. The van der Waals surface area contributed by atoms with Crippen LogP contribution in [0.4, 0.5) is 0 Å². The normalized spacial score (nSPS) is 16.0. The Labute approximate surface area is 119 Å². The SMILES string of the molecule is CCC(=O)C1CCN(C(=O)c2ccc(OC)cc2)CC1. The molecule has 0 radical (unpaired) electrons. The predicted molar refractivity (Wildman–Crippen MR) is 76.9 cm³/mol. The van der Waals surface area contributed by atoms with Crippen LogP contribution < -0.4 is 4.74 Å². The van der Waals surface area contributed by atoms with Gasteiger partial charge < -0.3 is 9.64 Å². The molecule has 2 rings (SSSR count). The third-order valence-electron chi connectivity index (χ3n) is 3.92. The first kappa shape index (κ1) is 14.6. The van der Waals surface area contributed by atoms with Crippen molar-refractivity contribution in [1.29, 1.82) is 0 Å². The van der Waals surface area contributed by atoms with Crippen LogP contribution in [0.2, 0.25) is 0 Å². The van der Waals surface area contributed by atoms with Crippen LogP contribution >= 0.6 is 0 Å². The van der Waals surface area contributed by atoms with E-state index in [4.69, 9.17) is 4.74 Å². The van der Waals surface area contributed by atoms with E-state index in [0.717, 1.165) is 18.6 Å². The minimum atomic E-state index is 0.0371. The van der Waals surface area contributed by atoms with Crippen LogP contribution in [-0.2, 0) is 4.79 Å². The summed E-state index contributed by atoms with van der Waals surface area (Å²) in [6, 6.07) is 7.15. The van der Waals surface area contributed by atoms with Gasteiger partial charge in [-0.2, -0.15) is 0 Å². The fourth-order valence-electron chi connectivity index (χ4n) is 2.61. The van der Waals surface area contributed by atoms with Gasteiger partial charge >= 0.3 is 0 Å². The molecule has 0 aromatic heterocycles. The fourth-order valence-corrected chi connectivity index (χ4v) is 2.61. The number of carbonyl (C=O) groups excluding carboxylic acids is 2. The molecule has 1 fully saturated rings. The van der Waals surface area contributed by atoms with Crippen LogP contribution in [0, 0.1) is 5.92 Å². The lowest BCUT2D eigenvalue weighted by molar-refractivity contribution is -0.123. The number of piperidine rings is 1. The van der Waals surface area contributed by atoms with Gasteiger partial charge in [-0.3, -0.25) is 9.59 Å². The Morgan fingerprint density at radius 3 is 2.30 bits per heavy atom. The van der Waals surface area contributed by atoms with E-state index in [-0.39, 0.29) is 11.8 Å².